The van der Waals surface area contributed by atoms with Gasteiger partial charge in [-0.3, -0.25) is 0 Å². The average molecular weight is 393 g/mol. The molecule has 0 bridgehead atoms. The van der Waals surface area contributed by atoms with Gasteiger partial charge in [0.1, 0.15) is 5.82 Å². The second-order valence-electron chi connectivity index (χ2n) is 6.51. The van der Waals surface area contributed by atoms with E-state index < -0.39 is 0 Å². The standard InChI is InChI=1S/C23H24N2O2S/c1-2-26-21-12-5-6-13-22(21)27-15-8-14-25-20-11-4-3-10-19(20)24-23(25)17-18-9-7-16-28-18/h3-7,9-13,16H,2,8,14-15,17H2,1H3. The van der Waals surface area contributed by atoms with Crippen LogP contribution in [0.2, 0.25) is 0 Å². The van der Waals surface area contributed by atoms with Crippen molar-refractivity contribution in [2.45, 2.75) is 26.3 Å². The number of fused-ring (bicyclic) bond motifs is 1. The Morgan fingerprint density at radius 2 is 1.71 bits per heavy atom. The molecule has 5 heteroatoms. The molecule has 0 radical (unpaired) electrons. The molecule has 0 fully saturated rings. The van der Waals surface area contributed by atoms with Crippen LogP contribution in [0, 0.1) is 0 Å². The molecule has 0 unspecified atom stereocenters. The Morgan fingerprint density at radius 1 is 0.929 bits per heavy atom. The molecule has 4 aromatic rings. The summed E-state index contributed by atoms with van der Waals surface area (Å²) in [6.07, 6.45) is 1.76. The van der Waals surface area contributed by atoms with Gasteiger partial charge >= 0.3 is 0 Å². The highest BCUT2D eigenvalue weighted by Crippen LogP contribution is 2.26. The Kier molecular flexibility index (Phi) is 5.92. The molecule has 0 spiro atoms. The fourth-order valence-electron chi connectivity index (χ4n) is 3.33. The summed E-state index contributed by atoms with van der Waals surface area (Å²) in [4.78, 5) is 6.20. The van der Waals surface area contributed by atoms with Crippen LogP contribution in [0.1, 0.15) is 24.0 Å². The Hall–Kier alpha value is -2.79. The monoisotopic (exact) mass is 392 g/mol. The van der Waals surface area contributed by atoms with Gasteiger partial charge in [0.25, 0.3) is 0 Å². The van der Waals surface area contributed by atoms with Gasteiger partial charge in [-0.05, 0) is 49.1 Å². The average Bonchev–Trinajstić information content (AvgIpc) is 3.35. The van der Waals surface area contributed by atoms with Gasteiger partial charge in [0.05, 0.1) is 24.2 Å². The molecule has 2 aromatic heterocycles. The highest BCUT2D eigenvalue weighted by atomic mass is 32.1. The van der Waals surface area contributed by atoms with Crippen molar-refractivity contribution >= 4 is 22.4 Å². The molecule has 0 aliphatic carbocycles. The fourth-order valence-corrected chi connectivity index (χ4v) is 4.03. The zero-order valence-corrected chi connectivity index (χ0v) is 16.8. The Labute approximate surface area is 169 Å². The number of aryl methyl sites for hydroxylation is 1. The molecule has 2 heterocycles. The second kappa shape index (κ2) is 8.93. The van der Waals surface area contributed by atoms with Crippen LogP contribution in [0.5, 0.6) is 11.5 Å². The predicted octanol–water partition coefficient (Wildman–Crippen LogP) is 5.56. The zero-order valence-electron chi connectivity index (χ0n) is 16.0. The van der Waals surface area contributed by atoms with Crippen molar-refractivity contribution < 1.29 is 9.47 Å². The van der Waals surface area contributed by atoms with Crippen molar-refractivity contribution in [1.29, 1.82) is 0 Å². The number of rotatable bonds is 9. The number of benzene rings is 2. The summed E-state index contributed by atoms with van der Waals surface area (Å²) in [7, 11) is 0. The fraction of sp³-hybridized carbons (Fsp3) is 0.261. The summed E-state index contributed by atoms with van der Waals surface area (Å²) >= 11 is 1.78. The van der Waals surface area contributed by atoms with Gasteiger partial charge in [-0.1, -0.05) is 30.3 Å². The first-order valence-corrected chi connectivity index (χ1v) is 10.5. The van der Waals surface area contributed by atoms with E-state index in [1.807, 2.05) is 37.3 Å². The lowest BCUT2D eigenvalue weighted by Crippen LogP contribution is -2.08. The van der Waals surface area contributed by atoms with Crippen LogP contribution in [0.15, 0.2) is 66.0 Å². The van der Waals surface area contributed by atoms with Crippen molar-refractivity contribution in [3.63, 3.8) is 0 Å². The minimum atomic E-state index is 0.632. The Morgan fingerprint density at radius 3 is 2.50 bits per heavy atom. The van der Waals surface area contributed by atoms with Crippen LogP contribution >= 0.6 is 11.3 Å². The largest absolute Gasteiger partial charge is 0.490 e. The van der Waals surface area contributed by atoms with Gasteiger partial charge in [-0.15, -0.1) is 11.3 Å². The third kappa shape index (κ3) is 4.20. The van der Waals surface area contributed by atoms with E-state index in [-0.39, 0.29) is 0 Å². The molecule has 0 N–H and O–H groups in total. The molecule has 4 rings (SSSR count). The van der Waals surface area contributed by atoms with Crippen LogP contribution in [-0.2, 0) is 13.0 Å². The van der Waals surface area contributed by atoms with Crippen molar-refractivity contribution in [2.75, 3.05) is 13.2 Å². The molecule has 0 aliphatic heterocycles. The molecular formula is C23H24N2O2S. The molecule has 0 saturated heterocycles. The number of imidazole rings is 1. The van der Waals surface area contributed by atoms with Crippen LogP contribution in [0.3, 0.4) is 0 Å². The van der Waals surface area contributed by atoms with Gasteiger partial charge in [-0.2, -0.15) is 0 Å². The van der Waals surface area contributed by atoms with E-state index in [1.54, 1.807) is 11.3 Å². The van der Waals surface area contributed by atoms with Gasteiger partial charge in [0.2, 0.25) is 0 Å². The number of hydrogen-bond acceptors (Lipinski definition) is 4. The van der Waals surface area contributed by atoms with E-state index in [9.17, 15) is 0 Å². The van der Waals surface area contributed by atoms with Crippen molar-refractivity contribution in [1.82, 2.24) is 9.55 Å². The molecular weight excluding hydrogens is 368 g/mol. The molecule has 2 aromatic carbocycles. The lowest BCUT2D eigenvalue weighted by Gasteiger charge is -2.13. The van der Waals surface area contributed by atoms with Crippen molar-refractivity contribution in [2.24, 2.45) is 0 Å². The minimum Gasteiger partial charge on any atom is -0.490 e. The van der Waals surface area contributed by atoms with Crippen LogP contribution in [0.4, 0.5) is 0 Å². The van der Waals surface area contributed by atoms with E-state index in [1.165, 1.54) is 10.4 Å². The van der Waals surface area contributed by atoms with E-state index in [0.29, 0.717) is 13.2 Å². The lowest BCUT2D eigenvalue weighted by molar-refractivity contribution is 0.269. The summed E-state index contributed by atoms with van der Waals surface area (Å²) in [6, 6.07) is 20.4. The van der Waals surface area contributed by atoms with Crippen molar-refractivity contribution in [3.8, 4) is 11.5 Å². The molecule has 144 valence electrons. The number of ether oxygens (including phenoxy) is 2. The maximum absolute atomic E-state index is 5.99. The van der Waals surface area contributed by atoms with Crippen LogP contribution < -0.4 is 9.47 Å². The molecule has 4 nitrogen and oxygen atoms in total. The Bertz CT molecular complexity index is 1020. The number of para-hydroxylation sites is 4. The summed E-state index contributed by atoms with van der Waals surface area (Å²) in [5.41, 5.74) is 2.24. The van der Waals surface area contributed by atoms with E-state index in [4.69, 9.17) is 14.5 Å². The lowest BCUT2D eigenvalue weighted by atomic mass is 10.3. The second-order valence-corrected chi connectivity index (χ2v) is 7.54. The number of nitrogens with zero attached hydrogens (tertiary/aromatic N) is 2. The first-order chi connectivity index (χ1) is 13.8. The third-order valence-electron chi connectivity index (χ3n) is 4.58. The topological polar surface area (TPSA) is 36.3 Å². The quantitative estimate of drug-likeness (QED) is 0.350. The highest BCUT2D eigenvalue weighted by Gasteiger charge is 2.12. The maximum Gasteiger partial charge on any atom is 0.161 e. The minimum absolute atomic E-state index is 0.632. The summed E-state index contributed by atoms with van der Waals surface area (Å²) in [6.45, 7) is 4.12. The van der Waals surface area contributed by atoms with E-state index >= 15 is 0 Å². The van der Waals surface area contributed by atoms with E-state index in [2.05, 4.69) is 40.3 Å². The van der Waals surface area contributed by atoms with Crippen LogP contribution in [0.25, 0.3) is 11.0 Å². The maximum atomic E-state index is 5.99. The van der Waals surface area contributed by atoms with Gasteiger partial charge in [0.15, 0.2) is 11.5 Å². The number of aromatic nitrogens is 2. The third-order valence-corrected chi connectivity index (χ3v) is 5.46. The summed E-state index contributed by atoms with van der Waals surface area (Å²) < 4.78 is 14.0. The normalized spacial score (nSPS) is 11.0. The van der Waals surface area contributed by atoms with E-state index in [0.717, 1.165) is 42.2 Å². The van der Waals surface area contributed by atoms with Crippen LogP contribution in [-0.4, -0.2) is 22.8 Å². The van der Waals surface area contributed by atoms with Gasteiger partial charge in [-0.25, -0.2) is 4.98 Å². The summed E-state index contributed by atoms with van der Waals surface area (Å²) in [5.74, 6) is 2.72. The van der Waals surface area contributed by atoms with Crippen molar-refractivity contribution in [3.05, 3.63) is 76.7 Å². The zero-order chi connectivity index (χ0) is 19.2. The SMILES string of the molecule is CCOc1ccccc1OCCCn1c(Cc2cccs2)nc2ccccc21. The first-order valence-electron chi connectivity index (χ1n) is 9.66. The molecule has 28 heavy (non-hydrogen) atoms. The molecule has 0 saturated carbocycles. The smallest absolute Gasteiger partial charge is 0.161 e. The molecule has 0 aliphatic rings. The Balaban J connectivity index is 1.46. The number of thiophene rings is 1. The van der Waals surface area contributed by atoms with Gasteiger partial charge in [0, 0.05) is 17.8 Å². The predicted molar refractivity (Wildman–Crippen MR) is 115 cm³/mol. The van der Waals surface area contributed by atoms with Gasteiger partial charge < -0.3 is 14.0 Å². The number of hydrogen-bond donors (Lipinski definition) is 0. The molecule has 0 atom stereocenters. The molecule has 0 amide bonds. The first kappa shape index (κ1) is 18.6. The highest BCUT2D eigenvalue weighted by molar-refractivity contribution is 7.09. The summed E-state index contributed by atoms with van der Waals surface area (Å²) in [5, 5.41) is 2.12.